The van der Waals surface area contributed by atoms with E-state index in [4.69, 9.17) is 11.5 Å². The van der Waals surface area contributed by atoms with E-state index in [1.807, 2.05) is 26.2 Å². The summed E-state index contributed by atoms with van der Waals surface area (Å²) in [4.78, 5) is 15.1. The van der Waals surface area contributed by atoms with Gasteiger partial charge >= 0.3 is 0 Å². The molecule has 0 saturated carbocycles. The van der Waals surface area contributed by atoms with Crippen LogP contribution >= 0.6 is 0 Å². The fourth-order valence-electron chi connectivity index (χ4n) is 3.56. The number of rotatable bonds is 4. The minimum absolute atomic E-state index is 0.406. The lowest BCUT2D eigenvalue weighted by Gasteiger charge is -2.07. The number of imidazole rings is 2. The molecule has 0 aliphatic carbocycles. The van der Waals surface area contributed by atoms with E-state index in [1.54, 1.807) is 0 Å². The first-order chi connectivity index (χ1) is 19.2. The average molecular weight is 541 g/mol. The molecular formula is C34H48N6. The van der Waals surface area contributed by atoms with Crippen LogP contribution in [0, 0.1) is 24.7 Å². The highest BCUT2D eigenvalue weighted by atomic mass is 14.9. The maximum atomic E-state index is 5.65. The monoisotopic (exact) mass is 540 g/mol. The van der Waals surface area contributed by atoms with Crippen molar-refractivity contribution in [3.8, 4) is 35.4 Å². The van der Waals surface area contributed by atoms with Crippen LogP contribution in [0.15, 0.2) is 60.9 Å². The van der Waals surface area contributed by atoms with Crippen molar-refractivity contribution in [1.29, 1.82) is 0 Å². The number of nitrogens with two attached hydrogens (primary N) is 2. The van der Waals surface area contributed by atoms with Crippen LogP contribution in [0.5, 0.6) is 0 Å². The van der Waals surface area contributed by atoms with E-state index >= 15 is 0 Å². The van der Waals surface area contributed by atoms with Crippen molar-refractivity contribution in [2.45, 2.75) is 68.5 Å². The van der Waals surface area contributed by atoms with Crippen LogP contribution in [-0.4, -0.2) is 19.9 Å². The molecule has 214 valence electrons. The van der Waals surface area contributed by atoms with Gasteiger partial charge < -0.3 is 21.4 Å². The average Bonchev–Trinajstić information content (AvgIpc) is 3.63. The number of fused-ring (bicyclic) bond motifs is 2. The van der Waals surface area contributed by atoms with Gasteiger partial charge in [0.15, 0.2) is 0 Å². The Bertz CT molecular complexity index is 1330. The Morgan fingerprint density at radius 1 is 0.600 bits per heavy atom. The molecular weight excluding hydrogens is 492 g/mol. The van der Waals surface area contributed by atoms with E-state index in [-0.39, 0.29) is 0 Å². The van der Waals surface area contributed by atoms with E-state index in [0.29, 0.717) is 13.1 Å². The van der Waals surface area contributed by atoms with Crippen LogP contribution < -0.4 is 11.5 Å². The first-order valence-corrected chi connectivity index (χ1v) is 14.0. The van der Waals surface area contributed by atoms with E-state index in [9.17, 15) is 0 Å². The third-order valence-corrected chi connectivity index (χ3v) is 5.06. The van der Waals surface area contributed by atoms with Gasteiger partial charge in [0.1, 0.15) is 11.6 Å². The molecule has 40 heavy (non-hydrogen) atoms. The molecule has 0 saturated heterocycles. The van der Waals surface area contributed by atoms with Gasteiger partial charge in [-0.3, -0.25) is 0 Å². The summed E-state index contributed by atoms with van der Waals surface area (Å²) in [7, 11) is 0. The molecule has 0 aliphatic heterocycles. The Morgan fingerprint density at radius 3 is 1.20 bits per heavy atom. The molecule has 0 unspecified atom stereocenters. The van der Waals surface area contributed by atoms with E-state index in [0.717, 1.165) is 46.0 Å². The third-order valence-electron chi connectivity index (χ3n) is 5.06. The Kier molecular flexibility index (Phi) is 15.0. The van der Waals surface area contributed by atoms with Crippen LogP contribution in [0.3, 0.4) is 0 Å². The molecule has 0 spiro atoms. The fraction of sp³-hybridized carbons (Fsp3) is 0.353. The zero-order valence-electron chi connectivity index (χ0n) is 25.5. The smallest absolute Gasteiger partial charge is 0.120 e. The molecule has 6 N–H and O–H groups in total. The molecule has 2 aromatic heterocycles. The van der Waals surface area contributed by atoms with Crippen LogP contribution in [0.1, 0.15) is 67.0 Å². The zero-order chi connectivity index (χ0) is 30.2. The standard InChI is InChI=1S/C22H20N6.2C4H10.C2H6.C2H2/c23-9-21-25-11-19(27-21)15-3-1-13-5-18-8-16(20-12-26-22(10-24)28-20)4-2-14(18)6-17(13)7-15;2*1-4(2)3;2*1-2/h1-8,11-12H,9-10,23-24H2,(H,25,27)(H,26,28);2*4H,1-3H3;1-2H3;1-2H. The summed E-state index contributed by atoms with van der Waals surface area (Å²) >= 11 is 0. The van der Waals surface area contributed by atoms with Gasteiger partial charge in [0.2, 0.25) is 0 Å². The van der Waals surface area contributed by atoms with Gasteiger partial charge in [0, 0.05) is 11.1 Å². The van der Waals surface area contributed by atoms with Gasteiger partial charge in [-0.15, -0.1) is 12.8 Å². The Labute approximate surface area is 241 Å². The topological polar surface area (TPSA) is 109 Å². The number of hydrogen-bond acceptors (Lipinski definition) is 4. The second-order valence-corrected chi connectivity index (χ2v) is 10.3. The summed E-state index contributed by atoms with van der Waals surface area (Å²) in [6.45, 7) is 17.8. The quantitative estimate of drug-likeness (QED) is 0.136. The second-order valence-electron chi connectivity index (χ2n) is 10.3. The Balaban J connectivity index is 0.000000577. The third kappa shape index (κ3) is 10.3. The number of benzene rings is 3. The summed E-state index contributed by atoms with van der Waals surface area (Å²) in [5, 5.41) is 4.76. The van der Waals surface area contributed by atoms with Crippen molar-refractivity contribution in [1.82, 2.24) is 19.9 Å². The van der Waals surface area contributed by atoms with Gasteiger partial charge in [0.05, 0.1) is 36.9 Å². The van der Waals surface area contributed by atoms with Crippen LogP contribution in [-0.2, 0) is 13.1 Å². The summed E-state index contributed by atoms with van der Waals surface area (Å²) in [6.07, 6.45) is 11.7. The molecule has 0 amide bonds. The summed E-state index contributed by atoms with van der Waals surface area (Å²) in [5.74, 6) is 3.25. The Hall–Kier alpha value is -3.92. The molecule has 6 nitrogen and oxygen atoms in total. The number of terminal acetylenes is 1. The van der Waals surface area contributed by atoms with Gasteiger partial charge in [-0.05, 0) is 57.6 Å². The number of aromatic nitrogens is 4. The normalized spacial score (nSPS) is 10.1. The summed E-state index contributed by atoms with van der Waals surface area (Å²) in [5.41, 5.74) is 15.5. The minimum Gasteiger partial charge on any atom is -0.341 e. The molecule has 0 bridgehead atoms. The lowest BCUT2D eigenvalue weighted by atomic mass is 9.99. The fourth-order valence-corrected chi connectivity index (χ4v) is 3.56. The second kappa shape index (κ2) is 17.6. The molecule has 0 aliphatic rings. The highest BCUT2D eigenvalue weighted by Gasteiger charge is 2.07. The first kappa shape index (κ1) is 34.1. The summed E-state index contributed by atoms with van der Waals surface area (Å²) in [6, 6.07) is 17.3. The molecule has 5 rings (SSSR count). The van der Waals surface area contributed by atoms with Crippen molar-refractivity contribution < 1.29 is 0 Å². The molecule has 0 radical (unpaired) electrons. The number of aromatic amines is 2. The molecule has 6 heteroatoms. The van der Waals surface area contributed by atoms with Crippen molar-refractivity contribution >= 4 is 21.5 Å². The van der Waals surface area contributed by atoms with Gasteiger partial charge in [-0.25, -0.2) is 9.97 Å². The predicted octanol–water partition coefficient (Wildman–Crippen LogP) is 8.29. The van der Waals surface area contributed by atoms with Crippen molar-refractivity contribution in [3.05, 3.63) is 72.6 Å². The van der Waals surface area contributed by atoms with Crippen molar-refractivity contribution in [2.75, 3.05) is 0 Å². The lowest BCUT2D eigenvalue weighted by molar-refractivity contribution is 0.736. The first-order valence-electron chi connectivity index (χ1n) is 14.0. The number of hydrogen-bond donors (Lipinski definition) is 4. The number of H-pyrrole nitrogens is 2. The van der Waals surface area contributed by atoms with Gasteiger partial charge in [-0.2, -0.15) is 0 Å². The summed E-state index contributed by atoms with van der Waals surface area (Å²) < 4.78 is 0. The Morgan fingerprint density at radius 2 is 0.925 bits per heavy atom. The predicted molar refractivity (Wildman–Crippen MR) is 175 cm³/mol. The molecule has 0 atom stereocenters. The maximum Gasteiger partial charge on any atom is 0.120 e. The molecule has 2 heterocycles. The molecule has 0 fully saturated rings. The number of nitrogens with zero attached hydrogens (tertiary/aromatic N) is 2. The maximum absolute atomic E-state index is 5.65. The molecule has 5 aromatic rings. The molecule has 3 aromatic carbocycles. The highest BCUT2D eigenvalue weighted by molar-refractivity contribution is 6.00. The zero-order valence-corrected chi connectivity index (χ0v) is 25.5. The largest absolute Gasteiger partial charge is 0.341 e. The van der Waals surface area contributed by atoms with Gasteiger partial charge in [0.25, 0.3) is 0 Å². The SMILES string of the molecule is C#C.CC.CC(C)C.CC(C)C.NCc1ncc(-c2ccc3cc4cc(-c5cnc(CN)[nH]5)ccc4cc3c2)[nH]1. The number of nitrogens with one attached hydrogen (secondary N) is 2. The van der Waals surface area contributed by atoms with E-state index in [2.05, 4.69) is 123 Å². The minimum atomic E-state index is 0.406. The highest BCUT2D eigenvalue weighted by Crippen LogP contribution is 2.30. The van der Waals surface area contributed by atoms with Crippen molar-refractivity contribution in [2.24, 2.45) is 23.3 Å². The van der Waals surface area contributed by atoms with Crippen LogP contribution in [0.25, 0.3) is 44.1 Å². The van der Waals surface area contributed by atoms with Crippen LogP contribution in [0.2, 0.25) is 0 Å². The van der Waals surface area contributed by atoms with Crippen molar-refractivity contribution in [3.63, 3.8) is 0 Å². The van der Waals surface area contributed by atoms with E-state index in [1.165, 1.54) is 21.5 Å². The van der Waals surface area contributed by atoms with Gasteiger partial charge in [-0.1, -0.05) is 79.7 Å². The lowest BCUT2D eigenvalue weighted by Crippen LogP contribution is -1.97. The van der Waals surface area contributed by atoms with E-state index < -0.39 is 0 Å². The van der Waals surface area contributed by atoms with Crippen LogP contribution in [0.4, 0.5) is 0 Å².